The molecule has 2 rings (SSSR count). The van der Waals surface area contributed by atoms with Gasteiger partial charge in [-0.1, -0.05) is 0 Å². The summed E-state index contributed by atoms with van der Waals surface area (Å²) < 4.78 is 2.02. The van der Waals surface area contributed by atoms with Crippen molar-refractivity contribution < 1.29 is 0 Å². The predicted octanol–water partition coefficient (Wildman–Crippen LogP) is 1.16. The van der Waals surface area contributed by atoms with E-state index in [0.717, 1.165) is 17.2 Å². The number of imidazole rings is 1. The van der Waals surface area contributed by atoms with E-state index in [4.69, 9.17) is 5.73 Å². The van der Waals surface area contributed by atoms with Gasteiger partial charge in [-0.3, -0.25) is 0 Å². The Morgan fingerprint density at radius 1 is 1.50 bits per heavy atom. The number of nitrogens with two attached hydrogens (primary N) is 1. The lowest BCUT2D eigenvalue weighted by Gasteiger charge is -1.96. The second kappa shape index (κ2) is 3.89. The molecule has 0 fully saturated rings. The first-order valence-electron chi connectivity index (χ1n) is 4.40. The molecule has 2 N–H and O–H groups in total. The van der Waals surface area contributed by atoms with E-state index >= 15 is 0 Å². The van der Waals surface area contributed by atoms with Crippen molar-refractivity contribution in [2.75, 3.05) is 0 Å². The van der Waals surface area contributed by atoms with Crippen LogP contribution in [-0.2, 0) is 13.1 Å². The molecule has 0 aromatic carbocycles. The average molecular weight is 208 g/mol. The van der Waals surface area contributed by atoms with Gasteiger partial charge in [-0.05, 0) is 6.92 Å². The van der Waals surface area contributed by atoms with Gasteiger partial charge in [-0.15, -0.1) is 11.3 Å². The van der Waals surface area contributed by atoms with Gasteiger partial charge in [0.1, 0.15) is 0 Å². The van der Waals surface area contributed by atoms with Crippen LogP contribution in [0.2, 0.25) is 0 Å². The Balaban J connectivity index is 2.10. The number of hydrogen-bond acceptors (Lipinski definition) is 4. The minimum atomic E-state index is 0.495. The summed E-state index contributed by atoms with van der Waals surface area (Å²) in [6.07, 6.45) is 5.68. The van der Waals surface area contributed by atoms with Gasteiger partial charge >= 0.3 is 0 Å². The van der Waals surface area contributed by atoms with Crippen LogP contribution in [0, 0.1) is 6.92 Å². The highest BCUT2D eigenvalue weighted by Crippen LogP contribution is 2.13. The van der Waals surface area contributed by atoms with Crippen LogP contribution in [0.15, 0.2) is 18.7 Å². The highest BCUT2D eigenvalue weighted by Gasteiger charge is 2.00. The second-order valence-electron chi connectivity index (χ2n) is 3.09. The quantitative estimate of drug-likeness (QED) is 0.823. The molecule has 2 aromatic rings. The van der Waals surface area contributed by atoms with E-state index in [0.29, 0.717) is 6.54 Å². The summed E-state index contributed by atoms with van der Waals surface area (Å²) in [5.41, 5.74) is 6.40. The van der Waals surface area contributed by atoms with E-state index in [1.54, 1.807) is 17.7 Å². The summed E-state index contributed by atoms with van der Waals surface area (Å²) in [5, 5.41) is 1.10. The van der Waals surface area contributed by atoms with Crippen LogP contribution in [0.1, 0.15) is 15.6 Å². The van der Waals surface area contributed by atoms with Crippen LogP contribution >= 0.6 is 11.3 Å². The van der Waals surface area contributed by atoms with Crippen LogP contribution in [0.25, 0.3) is 0 Å². The number of aryl methyl sites for hydroxylation is 1. The van der Waals surface area contributed by atoms with Crippen molar-refractivity contribution in [2.45, 2.75) is 20.0 Å². The summed E-state index contributed by atoms with van der Waals surface area (Å²) in [5.74, 6) is 0. The Bertz CT molecular complexity index is 418. The van der Waals surface area contributed by atoms with E-state index in [1.807, 2.05) is 23.9 Å². The second-order valence-corrected chi connectivity index (χ2v) is 4.41. The Hall–Kier alpha value is -1.20. The minimum absolute atomic E-state index is 0.495. The molecule has 0 atom stereocenters. The third-order valence-electron chi connectivity index (χ3n) is 1.90. The lowest BCUT2D eigenvalue weighted by molar-refractivity contribution is 0.806. The predicted molar refractivity (Wildman–Crippen MR) is 56.1 cm³/mol. The zero-order valence-electron chi connectivity index (χ0n) is 7.97. The normalized spacial score (nSPS) is 10.7. The smallest absolute Gasteiger partial charge is 0.0953 e. The standard InChI is InChI=1S/C9H12N4S/c1-7-11-3-9(14-7)5-13-4-8(2-10)12-6-13/h3-4,6H,2,5,10H2,1H3. The summed E-state index contributed by atoms with van der Waals surface area (Å²) in [4.78, 5) is 9.60. The van der Waals surface area contributed by atoms with Gasteiger partial charge in [0.2, 0.25) is 0 Å². The van der Waals surface area contributed by atoms with Gasteiger partial charge < -0.3 is 10.3 Å². The fraction of sp³-hybridized carbons (Fsp3) is 0.333. The van der Waals surface area contributed by atoms with Crippen molar-refractivity contribution in [1.82, 2.24) is 14.5 Å². The lowest BCUT2D eigenvalue weighted by atomic mass is 10.5. The molecule has 2 heterocycles. The molecule has 2 aromatic heterocycles. The van der Waals surface area contributed by atoms with Crippen LogP contribution in [0.4, 0.5) is 0 Å². The van der Waals surface area contributed by atoms with Crippen molar-refractivity contribution in [2.24, 2.45) is 5.73 Å². The summed E-state index contributed by atoms with van der Waals surface area (Å²) in [7, 11) is 0. The zero-order chi connectivity index (χ0) is 9.97. The maximum atomic E-state index is 5.48. The Labute approximate surface area is 86.4 Å². The SMILES string of the molecule is Cc1ncc(Cn2cnc(CN)c2)s1. The number of thiazole rings is 1. The highest BCUT2D eigenvalue weighted by atomic mass is 32.1. The van der Waals surface area contributed by atoms with Crippen LogP contribution in [0.3, 0.4) is 0 Å². The number of nitrogens with zero attached hydrogens (tertiary/aromatic N) is 3. The molecule has 0 amide bonds. The molecule has 0 aliphatic carbocycles. The van der Waals surface area contributed by atoms with E-state index in [9.17, 15) is 0 Å². The van der Waals surface area contributed by atoms with Crippen molar-refractivity contribution in [3.05, 3.63) is 34.3 Å². The average Bonchev–Trinajstić information content (AvgIpc) is 2.76. The third kappa shape index (κ3) is 2.00. The van der Waals surface area contributed by atoms with Gasteiger partial charge in [-0.2, -0.15) is 0 Å². The lowest BCUT2D eigenvalue weighted by Crippen LogP contribution is -1.96. The molecule has 0 saturated carbocycles. The van der Waals surface area contributed by atoms with Gasteiger partial charge in [-0.25, -0.2) is 9.97 Å². The fourth-order valence-corrected chi connectivity index (χ4v) is 2.06. The fourth-order valence-electron chi connectivity index (χ4n) is 1.26. The largest absolute Gasteiger partial charge is 0.332 e. The van der Waals surface area contributed by atoms with E-state index in [2.05, 4.69) is 9.97 Å². The first kappa shape index (κ1) is 9.36. The monoisotopic (exact) mass is 208 g/mol. The van der Waals surface area contributed by atoms with E-state index in [-0.39, 0.29) is 0 Å². The van der Waals surface area contributed by atoms with E-state index in [1.165, 1.54) is 4.88 Å². The molecule has 74 valence electrons. The molecule has 0 unspecified atom stereocenters. The molecule has 0 aliphatic rings. The molecule has 14 heavy (non-hydrogen) atoms. The highest BCUT2D eigenvalue weighted by molar-refractivity contribution is 7.11. The molecule has 0 radical (unpaired) electrons. The maximum Gasteiger partial charge on any atom is 0.0953 e. The molecule has 4 nitrogen and oxygen atoms in total. The Morgan fingerprint density at radius 2 is 2.36 bits per heavy atom. The minimum Gasteiger partial charge on any atom is -0.332 e. The van der Waals surface area contributed by atoms with Crippen LogP contribution < -0.4 is 5.73 Å². The van der Waals surface area contributed by atoms with Crippen molar-refractivity contribution in [3.8, 4) is 0 Å². The van der Waals surface area contributed by atoms with Crippen molar-refractivity contribution in [1.29, 1.82) is 0 Å². The molecule has 0 saturated heterocycles. The summed E-state index contributed by atoms with van der Waals surface area (Å²) >= 11 is 1.71. The first-order chi connectivity index (χ1) is 6.78. The van der Waals surface area contributed by atoms with Gasteiger partial charge in [0, 0.05) is 23.8 Å². The molecule has 0 spiro atoms. The zero-order valence-corrected chi connectivity index (χ0v) is 8.79. The van der Waals surface area contributed by atoms with Gasteiger partial charge in [0.05, 0.1) is 23.6 Å². The van der Waals surface area contributed by atoms with Gasteiger partial charge in [0.25, 0.3) is 0 Å². The summed E-state index contributed by atoms with van der Waals surface area (Å²) in [6.45, 7) is 3.33. The topological polar surface area (TPSA) is 56.7 Å². The molecular formula is C9H12N4S. The van der Waals surface area contributed by atoms with Crippen molar-refractivity contribution in [3.63, 3.8) is 0 Å². The molecular weight excluding hydrogens is 196 g/mol. The van der Waals surface area contributed by atoms with E-state index < -0.39 is 0 Å². The van der Waals surface area contributed by atoms with Crippen molar-refractivity contribution >= 4 is 11.3 Å². The van der Waals surface area contributed by atoms with Crippen LogP contribution in [0.5, 0.6) is 0 Å². The molecule has 0 aliphatic heterocycles. The Kier molecular flexibility index (Phi) is 2.60. The van der Waals surface area contributed by atoms with Crippen LogP contribution in [-0.4, -0.2) is 14.5 Å². The first-order valence-corrected chi connectivity index (χ1v) is 5.21. The number of hydrogen-bond donors (Lipinski definition) is 1. The third-order valence-corrected chi connectivity index (χ3v) is 2.80. The summed E-state index contributed by atoms with van der Waals surface area (Å²) in [6, 6.07) is 0. The maximum absolute atomic E-state index is 5.48. The number of rotatable bonds is 3. The number of aromatic nitrogens is 3. The molecule has 0 bridgehead atoms. The molecule has 5 heteroatoms. The van der Waals surface area contributed by atoms with Gasteiger partial charge in [0.15, 0.2) is 0 Å². The Morgan fingerprint density at radius 3 is 2.93 bits per heavy atom.